The molecule has 1 heterocycles. The van der Waals surface area contributed by atoms with Gasteiger partial charge < -0.3 is 15.8 Å². The SMILES string of the molecule is CC(N)C(C)C(=O)NC1CCCOc2ccccc21.Cl. The van der Waals surface area contributed by atoms with Crippen LogP contribution in [0.4, 0.5) is 0 Å². The number of nitrogens with one attached hydrogen (secondary N) is 1. The second-order valence-electron chi connectivity index (χ2n) is 5.24. The van der Waals surface area contributed by atoms with Crippen molar-refractivity contribution in [3.8, 4) is 5.75 Å². The van der Waals surface area contributed by atoms with Crippen LogP contribution < -0.4 is 15.8 Å². The van der Waals surface area contributed by atoms with Crippen molar-refractivity contribution in [3.05, 3.63) is 29.8 Å². The van der Waals surface area contributed by atoms with Gasteiger partial charge >= 0.3 is 0 Å². The average molecular weight is 299 g/mol. The van der Waals surface area contributed by atoms with E-state index in [1.165, 1.54) is 0 Å². The highest BCUT2D eigenvalue weighted by molar-refractivity contribution is 5.85. The number of hydrogen-bond acceptors (Lipinski definition) is 3. The van der Waals surface area contributed by atoms with Crippen molar-refractivity contribution in [2.24, 2.45) is 11.7 Å². The van der Waals surface area contributed by atoms with Crippen LogP contribution >= 0.6 is 12.4 Å². The van der Waals surface area contributed by atoms with Crippen molar-refractivity contribution in [2.45, 2.75) is 38.8 Å². The minimum Gasteiger partial charge on any atom is -0.493 e. The van der Waals surface area contributed by atoms with Crippen LogP contribution in [0.5, 0.6) is 5.75 Å². The van der Waals surface area contributed by atoms with Crippen LogP contribution in [-0.2, 0) is 4.79 Å². The molecular formula is C15H23ClN2O2. The molecule has 1 amide bonds. The van der Waals surface area contributed by atoms with Crippen molar-refractivity contribution in [2.75, 3.05) is 6.61 Å². The third-order valence-electron chi connectivity index (χ3n) is 3.71. The molecule has 2 rings (SSSR count). The van der Waals surface area contributed by atoms with Crippen LogP contribution in [0, 0.1) is 5.92 Å². The molecule has 0 spiro atoms. The van der Waals surface area contributed by atoms with Gasteiger partial charge in [0.2, 0.25) is 5.91 Å². The van der Waals surface area contributed by atoms with Crippen LogP contribution in [0.3, 0.4) is 0 Å². The Labute approximate surface area is 126 Å². The fraction of sp³-hybridized carbons (Fsp3) is 0.533. The Hall–Kier alpha value is -1.26. The van der Waals surface area contributed by atoms with E-state index in [1.807, 2.05) is 38.1 Å². The molecule has 0 saturated carbocycles. The number of ether oxygens (including phenoxy) is 1. The van der Waals surface area contributed by atoms with E-state index in [9.17, 15) is 4.79 Å². The van der Waals surface area contributed by atoms with Gasteiger partial charge in [-0.2, -0.15) is 0 Å². The van der Waals surface area contributed by atoms with Gasteiger partial charge in [0.25, 0.3) is 0 Å². The van der Waals surface area contributed by atoms with Gasteiger partial charge in [0.05, 0.1) is 12.6 Å². The van der Waals surface area contributed by atoms with Crippen LogP contribution in [0.1, 0.15) is 38.3 Å². The number of hydrogen-bond donors (Lipinski definition) is 2. The Bertz CT molecular complexity index is 451. The zero-order valence-corrected chi connectivity index (χ0v) is 12.8. The smallest absolute Gasteiger partial charge is 0.224 e. The molecule has 4 nitrogen and oxygen atoms in total. The Morgan fingerprint density at radius 3 is 2.80 bits per heavy atom. The van der Waals surface area contributed by atoms with E-state index in [4.69, 9.17) is 10.5 Å². The van der Waals surface area contributed by atoms with Gasteiger partial charge in [0, 0.05) is 17.5 Å². The molecule has 5 heteroatoms. The van der Waals surface area contributed by atoms with Crippen LogP contribution in [0.25, 0.3) is 0 Å². The highest BCUT2D eigenvalue weighted by Gasteiger charge is 2.24. The summed E-state index contributed by atoms with van der Waals surface area (Å²) in [4.78, 5) is 12.1. The number of carbonyl (C=O) groups is 1. The third kappa shape index (κ3) is 3.87. The number of benzene rings is 1. The fourth-order valence-corrected chi connectivity index (χ4v) is 2.22. The summed E-state index contributed by atoms with van der Waals surface area (Å²) in [6.45, 7) is 4.42. The largest absolute Gasteiger partial charge is 0.493 e. The van der Waals surface area contributed by atoms with E-state index < -0.39 is 0 Å². The maximum absolute atomic E-state index is 12.1. The summed E-state index contributed by atoms with van der Waals surface area (Å²) in [5, 5.41) is 3.10. The van der Waals surface area contributed by atoms with Crippen molar-refractivity contribution < 1.29 is 9.53 Å². The van der Waals surface area contributed by atoms with Crippen molar-refractivity contribution in [1.82, 2.24) is 5.32 Å². The van der Waals surface area contributed by atoms with Crippen LogP contribution in [-0.4, -0.2) is 18.6 Å². The second-order valence-corrected chi connectivity index (χ2v) is 5.24. The minimum absolute atomic E-state index is 0. The fourth-order valence-electron chi connectivity index (χ4n) is 2.22. The molecule has 0 saturated heterocycles. The van der Waals surface area contributed by atoms with Gasteiger partial charge in [-0.3, -0.25) is 4.79 Å². The predicted octanol–water partition coefficient (Wildman–Crippen LogP) is 2.42. The maximum Gasteiger partial charge on any atom is 0.224 e. The number of fused-ring (bicyclic) bond motifs is 1. The van der Waals surface area contributed by atoms with E-state index in [0.717, 1.165) is 24.2 Å². The summed E-state index contributed by atoms with van der Waals surface area (Å²) < 4.78 is 5.69. The standard InChI is InChI=1S/C15H22N2O2.ClH/c1-10(11(2)16)15(18)17-13-7-5-9-19-14-8-4-3-6-12(13)14;/h3-4,6,8,10-11,13H,5,7,9,16H2,1-2H3,(H,17,18);1H. The lowest BCUT2D eigenvalue weighted by atomic mass is 9.99. The number of para-hydroxylation sites is 1. The van der Waals surface area contributed by atoms with Crippen molar-refractivity contribution in [1.29, 1.82) is 0 Å². The van der Waals surface area contributed by atoms with Crippen molar-refractivity contribution in [3.63, 3.8) is 0 Å². The van der Waals surface area contributed by atoms with E-state index in [0.29, 0.717) is 6.61 Å². The molecule has 1 aromatic carbocycles. The predicted molar refractivity (Wildman–Crippen MR) is 82.1 cm³/mol. The number of amides is 1. The van der Waals surface area contributed by atoms with Crippen molar-refractivity contribution >= 4 is 18.3 Å². The van der Waals surface area contributed by atoms with Gasteiger partial charge in [0.15, 0.2) is 0 Å². The maximum atomic E-state index is 12.1. The Balaban J connectivity index is 0.00000200. The molecule has 20 heavy (non-hydrogen) atoms. The van der Waals surface area contributed by atoms with Gasteiger partial charge in [-0.05, 0) is 25.8 Å². The molecule has 0 bridgehead atoms. The quantitative estimate of drug-likeness (QED) is 0.901. The Morgan fingerprint density at radius 1 is 1.40 bits per heavy atom. The number of nitrogens with two attached hydrogens (primary N) is 1. The highest BCUT2D eigenvalue weighted by Crippen LogP contribution is 2.31. The molecule has 0 radical (unpaired) electrons. The Kier molecular flexibility index (Phi) is 6.30. The summed E-state index contributed by atoms with van der Waals surface area (Å²) >= 11 is 0. The van der Waals surface area contributed by atoms with E-state index >= 15 is 0 Å². The lowest BCUT2D eigenvalue weighted by molar-refractivity contribution is -0.125. The molecule has 3 N–H and O–H groups in total. The number of carbonyl (C=O) groups excluding carboxylic acids is 1. The van der Waals surface area contributed by atoms with Gasteiger partial charge in [-0.25, -0.2) is 0 Å². The molecule has 0 aromatic heterocycles. The van der Waals surface area contributed by atoms with E-state index in [-0.39, 0.29) is 36.3 Å². The molecule has 3 atom stereocenters. The third-order valence-corrected chi connectivity index (χ3v) is 3.71. The van der Waals surface area contributed by atoms with Crippen LogP contribution in [0.15, 0.2) is 24.3 Å². The first-order chi connectivity index (χ1) is 9.09. The molecule has 0 fully saturated rings. The van der Waals surface area contributed by atoms with E-state index in [2.05, 4.69) is 5.32 Å². The van der Waals surface area contributed by atoms with E-state index in [1.54, 1.807) is 0 Å². The lowest BCUT2D eigenvalue weighted by Crippen LogP contribution is -2.40. The first kappa shape index (κ1) is 16.8. The highest BCUT2D eigenvalue weighted by atomic mass is 35.5. The van der Waals surface area contributed by atoms with Crippen LogP contribution in [0.2, 0.25) is 0 Å². The summed E-state index contributed by atoms with van der Waals surface area (Å²) in [5.41, 5.74) is 6.84. The molecule has 112 valence electrons. The van der Waals surface area contributed by atoms with Gasteiger partial charge in [-0.15, -0.1) is 12.4 Å². The molecule has 1 aliphatic rings. The monoisotopic (exact) mass is 298 g/mol. The normalized spacial score (nSPS) is 20.4. The topological polar surface area (TPSA) is 64.4 Å². The number of halogens is 1. The molecule has 1 aliphatic heterocycles. The van der Waals surface area contributed by atoms with Gasteiger partial charge in [-0.1, -0.05) is 25.1 Å². The zero-order chi connectivity index (χ0) is 13.8. The summed E-state index contributed by atoms with van der Waals surface area (Å²) in [6.07, 6.45) is 1.83. The minimum atomic E-state index is -0.184. The Morgan fingerprint density at radius 2 is 2.10 bits per heavy atom. The molecule has 0 aliphatic carbocycles. The summed E-state index contributed by atoms with van der Waals surface area (Å²) in [6, 6.07) is 7.77. The summed E-state index contributed by atoms with van der Waals surface area (Å²) in [7, 11) is 0. The number of rotatable bonds is 3. The molecule has 3 unspecified atom stereocenters. The second kappa shape index (κ2) is 7.50. The lowest BCUT2D eigenvalue weighted by Gasteiger charge is -2.22. The molecular weight excluding hydrogens is 276 g/mol. The first-order valence-electron chi connectivity index (χ1n) is 6.87. The summed E-state index contributed by atoms with van der Waals surface area (Å²) in [5.74, 6) is 0.701. The molecule has 1 aromatic rings. The average Bonchev–Trinajstić information content (AvgIpc) is 2.60. The zero-order valence-electron chi connectivity index (χ0n) is 12.0. The van der Waals surface area contributed by atoms with Gasteiger partial charge in [0.1, 0.15) is 5.75 Å². The first-order valence-corrected chi connectivity index (χ1v) is 6.87.